The van der Waals surface area contributed by atoms with Gasteiger partial charge in [0.05, 0.1) is 23.6 Å². The molecule has 2 heterocycles. The Labute approximate surface area is 207 Å². The molecule has 0 saturated carbocycles. The Balaban J connectivity index is 1.37. The number of rotatable bonds is 5. The molecule has 1 aliphatic heterocycles. The summed E-state index contributed by atoms with van der Waals surface area (Å²) >= 11 is 0. The van der Waals surface area contributed by atoms with Gasteiger partial charge < -0.3 is 16.4 Å². The fourth-order valence-corrected chi connectivity index (χ4v) is 5.35. The largest absolute Gasteiger partial charge is 0.397 e. The Hall–Kier alpha value is -4.70. The average Bonchev–Trinajstić information content (AvgIpc) is 2.89. The number of pyridine rings is 1. The van der Waals surface area contributed by atoms with Gasteiger partial charge in [0.2, 0.25) is 0 Å². The van der Waals surface area contributed by atoms with Crippen molar-refractivity contribution < 1.29 is 18.0 Å². The zero-order valence-corrected chi connectivity index (χ0v) is 19.7. The second kappa shape index (κ2) is 9.16. The number of aromatic nitrogens is 1. The van der Waals surface area contributed by atoms with E-state index in [1.54, 1.807) is 85.2 Å². The van der Waals surface area contributed by atoms with Gasteiger partial charge in [-0.1, -0.05) is 30.3 Å². The number of amides is 3. The first kappa shape index (κ1) is 23.1. The number of nitrogen functional groups attached to an aromatic ring is 1. The third-order valence-corrected chi connectivity index (χ3v) is 7.55. The Morgan fingerprint density at radius 1 is 0.944 bits per heavy atom. The predicted molar refractivity (Wildman–Crippen MR) is 137 cm³/mol. The van der Waals surface area contributed by atoms with Crippen LogP contribution in [0, 0.1) is 0 Å². The van der Waals surface area contributed by atoms with Crippen LogP contribution in [0.15, 0.2) is 96.2 Å². The second-order valence-electron chi connectivity index (χ2n) is 8.13. The molecule has 5 rings (SSSR count). The maximum atomic E-state index is 13.4. The van der Waals surface area contributed by atoms with Crippen molar-refractivity contribution in [1.29, 1.82) is 0 Å². The zero-order chi connectivity index (χ0) is 25.3. The van der Waals surface area contributed by atoms with E-state index in [2.05, 4.69) is 15.6 Å². The van der Waals surface area contributed by atoms with Crippen LogP contribution in [0.3, 0.4) is 0 Å². The lowest BCUT2D eigenvalue weighted by Crippen LogP contribution is -2.43. The third-order valence-electron chi connectivity index (χ3n) is 5.78. The number of nitrogens with one attached hydrogen (secondary N) is 2. The summed E-state index contributed by atoms with van der Waals surface area (Å²) in [4.78, 5) is 29.3. The minimum Gasteiger partial charge on any atom is -0.397 e. The van der Waals surface area contributed by atoms with Crippen molar-refractivity contribution in [2.24, 2.45) is 0 Å². The molecule has 3 aromatic carbocycles. The van der Waals surface area contributed by atoms with Gasteiger partial charge in [-0.3, -0.25) is 9.78 Å². The lowest BCUT2D eigenvalue weighted by molar-refractivity contribution is 0.102. The molecule has 36 heavy (non-hydrogen) atoms. The van der Waals surface area contributed by atoms with Crippen LogP contribution in [0.2, 0.25) is 0 Å². The zero-order valence-electron chi connectivity index (χ0n) is 18.9. The second-order valence-corrected chi connectivity index (χ2v) is 9.96. The van der Waals surface area contributed by atoms with Gasteiger partial charge in [-0.05, 0) is 65.2 Å². The molecule has 0 aliphatic carbocycles. The van der Waals surface area contributed by atoms with Crippen molar-refractivity contribution in [1.82, 2.24) is 9.29 Å². The minimum atomic E-state index is -4.12. The summed E-state index contributed by atoms with van der Waals surface area (Å²) in [5, 5.41) is 5.39. The van der Waals surface area contributed by atoms with Crippen LogP contribution in [-0.4, -0.2) is 29.6 Å². The number of sulfonamides is 1. The molecule has 0 fully saturated rings. The van der Waals surface area contributed by atoms with Crippen molar-refractivity contribution in [3.63, 3.8) is 0 Å². The van der Waals surface area contributed by atoms with Crippen molar-refractivity contribution in [2.75, 3.05) is 16.4 Å². The van der Waals surface area contributed by atoms with Crippen LogP contribution < -0.4 is 16.4 Å². The maximum absolute atomic E-state index is 13.4. The molecule has 4 N–H and O–H groups in total. The van der Waals surface area contributed by atoms with Crippen molar-refractivity contribution in [2.45, 2.75) is 11.4 Å². The van der Waals surface area contributed by atoms with E-state index in [4.69, 9.17) is 5.73 Å². The van der Waals surface area contributed by atoms with E-state index in [-0.39, 0.29) is 23.0 Å². The number of benzene rings is 3. The molecule has 0 spiro atoms. The van der Waals surface area contributed by atoms with Crippen LogP contribution in [0.5, 0.6) is 0 Å². The van der Waals surface area contributed by atoms with Crippen LogP contribution in [0.4, 0.5) is 21.9 Å². The SMILES string of the molecule is Nc1ccccc1NC(=O)c1ccc(CN2C(=O)Nc3ccc(-c4ccncc4)cc3S2(=O)=O)cc1. The Morgan fingerprint density at radius 3 is 2.39 bits per heavy atom. The van der Waals surface area contributed by atoms with Crippen LogP contribution in [0.25, 0.3) is 11.1 Å². The lowest BCUT2D eigenvalue weighted by atomic mass is 10.1. The molecule has 9 nitrogen and oxygen atoms in total. The molecule has 0 saturated heterocycles. The number of urea groups is 1. The summed E-state index contributed by atoms with van der Waals surface area (Å²) in [6.45, 7) is -0.194. The summed E-state index contributed by atoms with van der Waals surface area (Å²) in [6.07, 6.45) is 3.24. The number of hydrogen-bond acceptors (Lipinski definition) is 6. The minimum absolute atomic E-state index is 0.00728. The average molecular weight is 500 g/mol. The van der Waals surface area contributed by atoms with E-state index in [1.165, 1.54) is 6.07 Å². The number of nitrogens with two attached hydrogens (primary N) is 1. The fourth-order valence-electron chi connectivity index (χ4n) is 3.86. The molecule has 10 heteroatoms. The molecule has 1 aromatic heterocycles. The monoisotopic (exact) mass is 499 g/mol. The van der Waals surface area contributed by atoms with Crippen molar-refractivity contribution >= 4 is 39.0 Å². The summed E-state index contributed by atoms with van der Waals surface area (Å²) in [5.41, 5.74) is 9.42. The number of fused-ring (bicyclic) bond motifs is 1. The summed E-state index contributed by atoms with van der Waals surface area (Å²) < 4.78 is 27.6. The van der Waals surface area contributed by atoms with E-state index in [0.717, 1.165) is 9.87 Å². The Morgan fingerprint density at radius 2 is 1.67 bits per heavy atom. The molecular weight excluding hydrogens is 478 g/mol. The molecule has 180 valence electrons. The quantitative estimate of drug-likeness (QED) is 0.350. The highest BCUT2D eigenvalue weighted by Crippen LogP contribution is 2.34. The summed E-state index contributed by atoms with van der Waals surface area (Å²) in [6, 6.07) is 20.9. The number of anilines is 3. The predicted octanol–water partition coefficient (Wildman–Crippen LogP) is 4.32. The van der Waals surface area contributed by atoms with Gasteiger partial charge >= 0.3 is 6.03 Å². The summed E-state index contributed by atoms with van der Waals surface area (Å²) in [7, 11) is -4.12. The first-order valence-electron chi connectivity index (χ1n) is 11.0. The van der Waals surface area contributed by atoms with E-state index in [9.17, 15) is 18.0 Å². The summed E-state index contributed by atoms with van der Waals surface area (Å²) in [5.74, 6) is -0.361. The maximum Gasteiger partial charge on any atom is 0.336 e. The van der Waals surface area contributed by atoms with Crippen LogP contribution in [0.1, 0.15) is 15.9 Å². The first-order chi connectivity index (χ1) is 17.3. The topological polar surface area (TPSA) is 134 Å². The molecule has 1 aliphatic rings. The normalized spacial score (nSPS) is 14.0. The van der Waals surface area contributed by atoms with E-state index < -0.39 is 16.1 Å². The molecule has 0 radical (unpaired) electrons. The highest BCUT2D eigenvalue weighted by Gasteiger charge is 2.37. The number of carbonyl (C=O) groups is 2. The van der Waals surface area contributed by atoms with E-state index >= 15 is 0 Å². The van der Waals surface area contributed by atoms with Gasteiger partial charge in [0.15, 0.2) is 0 Å². The first-order valence-corrected chi connectivity index (χ1v) is 12.4. The van der Waals surface area contributed by atoms with Gasteiger partial charge in [-0.2, -0.15) is 0 Å². The number of nitrogens with zero attached hydrogens (tertiary/aromatic N) is 2. The van der Waals surface area contributed by atoms with Gasteiger partial charge in [0.25, 0.3) is 15.9 Å². The van der Waals surface area contributed by atoms with E-state index in [0.29, 0.717) is 28.1 Å². The smallest absolute Gasteiger partial charge is 0.336 e. The number of hydrogen-bond donors (Lipinski definition) is 3. The molecule has 4 aromatic rings. The van der Waals surface area contributed by atoms with Gasteiger partial charge in [0, 0.05) is 18.0 Å². The Bertz CT molecular complexity index is 1570. The molecule has 3 amide bonds. The number of carbonyl (C=O) groups excluding carboxylic acids is 2. The number of para-hydroxylation sites is 2. The van der Waals surface area contributed by atoms with Crippen LogP contribution >= 0.6 is 0 Å². The van der Waals surface area contributed by atoms with Gasteiger partial charge in [-0.25, -0.2) is 17.5 Å². The lowest BCUT2D eigenvalue weighted by Gasteiger charge is -2.29. The molecule has 0 bridgehead atoms. The highest BCUT2D eigenvalue weighted by molar-refractivity contribution is 7.90. The molecule has 0 atom stereocenters. The fraction of sp³-hybridized carbons (Fsp3) is 0.0385. The van der Waals surface area contributed by atoms with Gasteiger partial charge in [-0.15, -0.1) is 0 Å². The Kier molecular flexibility index (Phi) is 5.87. The van der Waals surface area contributed by atoms with Crippen molar-refractivity contribution in [3.05, 3.63) is 102 Å². The molecule has 0 unspecified atom stereocenters. The van der Waals surface area contributed by atoms with E-state index in [1.807, 2.05) is 0 Å². The van der Waals surface area contributed by atoms with Gasteiger partial charge in [0.1, 0.15) is 4.90 Å². The van der Waals surface area contributed by atoms with Crippen molar-refractivity contribution in [3.8, 4) is 11.1 Å². The standard InChI is InChI=1S/C26H21N5O4S/c27-21-3-1-2-4-22(21)29-25(32)19-7-5-17(6-8-19)16-31-26(33)30-23-10-9-20(15-24(23)36(31,34)35)18-11-13-28-14-12-18/h1-15H,16,27H2,(H,29,32)(H,30,33). The third kappa shape index (κ3) is 4.37. The van der Waals surface area contributed by atoms with Crippen LogP contribution in [-0.2, 0) is 16.6 Å². The molecular formula is C26H21N5O4S. The highest BCUT2D eigenvalue weighted by atomic mass is 32.2.